The molecule has 0 N–H and O–H groups in total. The van der Waals surface area contributed by atoms with Gasteiger partial charge in [-0.2, -0.15) is 0 Å². The molecule has 0 heterocycles. The van der Waals surface area contributed by atoms with Gasteiger partial charge in [0.25, 0.3) is 0 Å². The van der Waals surface area contributed by atoms with E-state index >= 15 is 0 Å². The third-order valence-electron chi connectivity index (χ3n) is 5.57. The maximum Gasteiger partial charge on any atom is 0.500 e. The molecule has 27 heavy (non-hydrogen) atoms. The lowest BCUT2D eigenvalue weighted by Gasteiger charge is -2.43. The minimum atomic E-state index is -2.56. The van der Waals surface area contributed by atoms with E-state index in [0.717, 1.165) is 19.0 Å². The molecule has 6 heteroatoms. The van der Waals surface area contributed by atoms with E-state index in [0.29, 0.717) is 19.8 Å². The number of hydrogen-bond acceptors (Lipinski definition) is 4. The number of rotatable bonds is 15. The normalized spacial score (nSPS) is 12.4. The van der Waals surface area contributed by atoms with Crippen molar-refractivity contribution in [1.82, 2.24) is 0 Å². The van der Waals surface area contributed by atoms with Crippen molar-refractivity contribution in [3.05, 3.63) is 30.3 Å². The first-order valence-electron chi connectivity index (χ1n) is 10.8. The second kappa shape index (κ2) is 12.7. The van der Waals surface area contributed by atoms with E-state index in [4.69, 9.17) is 13.3 Å². The predicted molar refractivity (Wildman–Crippen MR) is 121 cm³/mol. The van der Waals surface area contributed by atoms with E-state index in [2.05, 4.69) is 55.7 Å². The molecule has 0 aromatic heterocycles. The van der Waals surface area contributed by atoms with E-state index in [1.54, 1.807) is 0 Å². The van der Waals surface area contributed by atoms with Gasteiger partial charge in [-0.3, -0.25) is 0 Å². The Morgan fingerprint density at radius 2 is 1.22 bits per heavy atom. The Morgan fingerprint density at radius 3 is 1.63 bits per heavy atom. The lowest BCUT2D eigenvalue weighted by atomic mass is 10.3. The summed E-state index contributed by atoms with van der Waals surface area (Å²) in [4.78, 5) is 0. The molecule has 0 saturated heterocycles. The van der Waals surface area contributed by atoms with Crippen LogP contribution in [0.4, 0.5) is 5.69 Å². The van der Waals surface area contributed by atoms with Crippen molar-refractivity contribution in [3.63, 3.8) is 0 Å². The van der Waals surface area contributed by atoms with E-state index in [9.17, 15) is 0 Å². The molecule has 0 aliphatic rings. The van der Waals surface area contributed by atoms with Crippen LogP contribution in [0.3, 0.4) is 0 Å². The van der Waals surface area contributed by atoms with E-state index < -0.39 is 17.0 Å². The first kappa shape index (κ1) is 24.4. The Hall–Kier alpha value is -0.666. The Balaban J connectivity index is 2.99. The van der Waals surface area contributed by atoms with Gasteiger partial charge < -0.3 is 17.8 Å². The molecule has 0 radical (unpaired) electrons. The highest BCUT2D eigenvalue weighted by Gasteiger charge is 2.41. The van der Waals surface area contributed by atoms with Crippen LogP contribution in [0, 0.1) is 0 Å². The van der Waals surface area contributed by atoms with Gasteiger partial charge in [0.1, 0.15) is 0 Å². The molecular formula is C21H41NO3Si2. The summed E-state index contributed by atoms with van der Waals surface area (Å²) in [5.41, 5.74) is 1.37. The molecule has 1 aromatic rings. The minimum Gasteiger partial charge on any atom is -0.397 e. The van der Waals surface area contributed by atoms with Crippen molar-refractivity contribution < 1.29 is 13.3 Å². The molecule has 0 unspecified atom stereocenters. The fourth-order valence-corrected chi connectivity index (χ4v) is 10.6. The summed E-state index contributed by atoms with van der Waals surface area (Å²) in [6, 6.07) is 15.7. The molecule has 0 bridgehead atoms. The molecule has 0 spiro atoms. The van der Waals surface area contributed by atoms with E-state index in [1.807, 2.05) is 20.8 Å². The Morgan fingerprint density at radius 1 is 0.741 bits per heavy atom. The Labute approximate surface area is 169 Å². The summed E-state index contributed by atoms with van der Waals surface area (Å²) in [6.07, 6.45) is 1.04. The molecule has 0 aliphatic heterocycles. The molecular weight excluding hydrogens is 370 g/mol. The van der Waals surface area contributed by atoms with Crippen molar-refractivity contribution in [2.24, 2.45) is 0 Å². The van der Waals surface area contributed by atoms with Gasteiger partial charge in [-0.15, -0.1) is 0 Å². The topological polar surface area (TPSA) is 30.9 Å². The van der Waals surface area contributed by atoms with Gasteiger partial charge in [-0.25, -0.2) is 0 Å². The third kappa shape index (κ3) is 6.71. The average molecular weight is 412 g/mol. The number of hydrogen-bond donors (Lipinski definition) is 0. The Kier molecular flexibility index (Phi) is 11.5. The van der Waals surface area contributed by atoms with Gasteiger partial charge in [0.05, 0.1) is 0 Å². The fraction of sp³-hybridized carbons (Fsp3) is 0.714. The lowest BCUT2D eigenvalue weighted by molar-refractivity contribution is 0.0710. The molecule has 0 aliphatic carbocycles. The monoisotopic (exact) mass is 411 g/mol. The van der Waals surface area contributed by atoms with Gasteiger partial charge in [-0.05, 0) is 57.5 Å². The maximum atomic E-state index is 6.05. The first-order valence-corrected chi connectivity index (χ1v) is 15.3. The van der Waals surface area contributed by atoms with Crippen molar-refractivity contribution in [3.8, 4) is 0 Å². The van der Waals surface area contributed by atoms with Crippen molar-refractivity contribution in [1.29, 1.82) is 0 Å². The second-order valence-corrected chi connectivity index (χ2v) is 14.7. The standard InChI is InChI=1S/C21H41NO3Si2/c1-7-23-27(24-8-2,25-9-3)20-16-19-22(21-17-14-13-15-18-21)26(10-4,11-5)12-6/h13-15,17-18H,7-12,16,19-20H2,1-6H3. The van der Waals surface area contributed by atoms with Crippen LogP contribution in [-0.4, -0.2) is 43.4 Å². The summed E-state index contributed by atoms with van der Waals surface area (Å²) < 4.78 is 20.9. The van der Waals surface area contributed by atoms with Crippen LogP contribution in [0.5, 0.6) is 0 Å². The fourth-order valence-electron chi connectivity index (χ4n) is 4.03. The van der Waals surface area contributed by atoms with Crippen molar-refractivity contribution >= 4 is 22.7 Å². The van der Waals surface area contributed by atoms with Crippen LogP contribution in [0.25, 0.3) is 0 Å². The zero-order valence-electron chi connectivity index (χ0n) is 18.4. The smallest absolute Gasteiger partial charge is 0.397 e. The quantitative estimate of drug-likeness (QED) is 0.334. The molecule has 1 rings (SSSR count). The predicted octanol–water partition coefficient (Wildman–Crippen LogP) is 5.94. The molecule has 0 amide bonds. The molecule has 0 atom stereocenters. The largest absolute Gasteiger partial charge is 0.500 e. The van der Waals surface area contributed by atoms with Crippen LogP contribution in [0.2, 0.25) is 24.2 Å². The zero-order chi connectivity index (χ0) is 20.2. The SMILES string of the molecule is CCO[Si](CCCN(c1ccccc1)[Si](CC)(CC)CC)(OCC)OCC. The van der Waals surface area contributed by atoms with Crippen molar-refractivity contribution in [2.45, 2.75) is 72.1 Å². The highest BCUT2D eigenvalue weighted by molar-refractivity contribution is 6.83. The van der Waals surface area contributed by atoms with Crippen LogP contribution in [0.1, 0.15) is 48.0 Å². The average Bonchev–Trinajstić information content (AvgIpc) is 2.69. The summed E-state index contributed by atoms with van der Waals surface area (Å²) in [7, 11) is -4.08. The van der Waals surface area contributed by atoms with Gasteiger partial charge in [0.15, 0.2) is 8.24 Å². The summed E-state index contributed by atoms with van der Waals surface area (Å²) >= 11 is 0. The number of nitrogens with zero attached hydrogens (tertiary/aromatic N) is 1. The highest BCUT2D eigenvalue weighted by atomic mass is 28.4. The van der Waals surface area contributed by atoms with Crippen LogP contribution < -0.4 is 4.57 Å². The third-order valence-corrected chi connectivity index (χ3v) is 14.3. The highest BCUT2D eigenvalue weighted by Crippen LogP contribution is 2.31. The summed E-state index contributed by atoms with van der Waals surface area (Å²) in [5, 5.41) is 0. The maximum absolute atomic E-state index is 6.05. The second-order valence-electron chi connectivity index (χ2n) is 6.86. The van der Waals surface area contributed by atoms with Crippen LogP contribution in [-0.2, 0) is 13.3 Å². The number of para-hydroxylation sites is 1. The van der Waals surface area contributed by atoms with E-state index in [-0.39, 0.29) is 0 Å². The first-order chi connectivity index (χ1) is 13.1. The van der Waals surface area contributed by atoms with Gasteiger partial charge >= 0.3 is 8.80 Å². The Bertz CT molecular complexity index is 472. The molecule has 0 saturated carbocycles. The molecule has 156 valence electrons. The molecule has 4 nitrogen and oxygen atoms in total. The molecule has 0 fully saturated rings. The van der Waals surface area contributed by atoms with E-state index in [1.165, 1.54) is 23.8 Å². The molecule has 1 aromatic carbocycles. The van der Waals surface area contributed by atoms with Crippen molar-refractivity contribution in [2.75, 3.05) is 30.9 Å². The summed E-state index contributed by atoms with van der Waals surface area (Å²) in [5.74, 6) is 0. The van der Waals surface area contributed by atoms with Crippen LogP contribution >= 0.6 is 0 Å². The summed E-state index contributed by atoms with van der Waals surface area (Å²) in [6.45, 7) is 16.2. The minimum absolute atomic E-state index is 0.645. The number of anilines is 1. The van der Waals surface area contributed by atoms with Gasteiger partial charge in [0.2, 0.25) is 0 Å². The van der Waals surface area contributed by atoms with Crippen LogP contribution in [0.15, 0.2) is 30.3 Å². The van der Waals surface area contributed by atoms with Gasteiger partial charge in [-0.1, -0.05) is 39.0 Å². The van der Waals surface area contributed by atoms with Gasteiger partial charge in [0, 0.05) is 38.1 Å². The lowest BCUT2D eigenvalue weighted by Crippen LogP contribution is -2.53. The zero-order valence-corrected chi connectivity index (χ0v) is 20.4. The number of benzene rings is 1.